The first-order valence-electron chi connectivity index (χ1n) is 9.02. The SMILES string of the molecule is C[C@@H](F)CCCCCC(=COCC(F)F)OC(F)(F)C(F)(F)OC(F)(F)C(F)(F)OC(F)(F)F. The lowest BCUT2D eigenvalue weighted by Crippen LogP contribution is -2.56. The van der Waals surface area contributed by atoms with Crippen molar-refractivity contribution in [3.63, 3.8) is 0 Å². The van der Waals surface area contributed by atoms with Crippen LogP contribution in [0.4, 0.5) is 61.5 Å². The number of halogens is 14. The van der Waals surface area contributed by atoms with Gasteiger partial charge in [-0.25, -0.2) is 22.6 Å². The van der Waals surface area contributed by atoms with Crippen LogP contribution in [0.25, 0.3) is 0 Å². The molecule has 0 heterocycles. The minimum Gasteiger partial charge on any atom is -0.492 e. The highest BCUT2D eigenvalue weighted by Crippen LogP contribution is 2.48. The fraction of sp³-hybridized carbons (Fsp3) is 0.875. The molecule has 0 aliphatic rings. The summed E-state index contributed by atoms with van der Waals surface area (Å²) in [6.07, 6.45) is -38.6. The summed E-state index contributed by atoms with van der Waals surface area (Å²) in [5, 5.41) is 0. The molecule has 0 N–H and O–H groups in total. The van der Waals surface area contributed by atoms with Crippen LogP contribution in [-0.2, 0) is 18.9 Å². The van der Waals surface area contributed by atoms with Crippen molar-refractivity contribution in [3.8, 4) is 0 Å². The van der Waals surface area contributed by atoms with Crippen molar-refractivity contribution in [2.75, 3.05) is 6.61 Å². The molecule has 0 saturated carbocycles. The highest BCUT2D eigenvalue weighted by atomic mass is 19.4. The van der Waals surface area contributed by atoms with Gasteiger partial charge in [0.1, 0.15) is 18.6 Å². The Bertz CT molecular complexity index is 634. The number of hydrogen-bond donors (Lipinski definition) is 0. The van der Waals surface area contributed by atoms with Crippen molar-refractivity contribution < 1.29 is 80.4 Å². The normalized spacial score (nSPS) is 15.6. The summed E-state index contributed by atoms with van der Waals surface area (Å²) in [4.78, 5) is 0. The van der Waals surface area contributed by atoms with Gasteiger partial charge in [0, 0.05) is 6.42 Å². The maximum Gasteiger partial charge on any atom is 0.527 e. The van der Waals surface area contributed by atoms with Gasteiger partial charge >= 0.3 is 30.8 Å². The molecule has 0 aromatic rings. The summed E-state index contributed by atoms with van der Waals surface area (Å²) >= 11 is 0. The zero-order valence-corrected chi connectivity index (χ0v) is 16.9. The lowest BCUT2D eigenvalue weighted by atomic mass is 10.1. The average Bonchev–Trinajstić information content (AvgIpc) is 2.56. The highest BCUT2D eigenvalue weighted by Gasteiger charge is 2.73. The van der Waals surface area contributed by atoms with E-state index in [0.29, 0.717) is 0 Å². The molecule has 0 amide bonds. The smallest absolute Gasteiger partial charge is 0.492 e. The zero-order valence-electron chi connectivity index (χ0n) is 16.9. The minimum absolute atomic E-state index is 0.00709. The van der Waals surface area contributed by atoms with E-state index in [1.165, 1.54) is 6.92 Å². The second-order valence-electron chi connectivity index (χ2n) is 6.51. The molecule has 0 saturated heterocycles. The Morgan fingerprint density at radius 1 is 0.706 bits per heavy atom. The van der Waals surface area contributed by atoms with Gasteiger partial charge in [0.05, 0.1) is 6.17 Å². The van der Waals surface area contributed by atoms with Gasteiger partial charge < -0.3 is 9.47 Å². The lowest BCUT2D eigenvalue weighted by Gasteiger charge is -2.32. The first-order valence-corrected chi connectivity index (χ1v) is 9.02. The van der Waals surface area contributed by atoms with Crippen LogP contribution in [0.3, 0.4) is 0 Å². The van der Waals surface area contributed by atoms with E-state index < -0.39 is 62.2 Å². The zero-order chi connectivity index (χ0) is 27.0. The monoisotopic (exact) mass is 540 g/mol. The van der Waals surface area contributed by atoms with Crippen LogP contribution in [0.1, 0.15) is 39.0 Å². The van der Waals surface area contributed by atoms with Gasteiger partial charge in [0.15, 0.2) is 0 Å². The summed E-state index contributed by atoms with van der Waals surface area (Å²) in [6, 6.07) is 0. The van der Waals surface area contributed by atoms with E-state index in [-0.39, 0.29) is 31.9 Å². The van der Waals surface area contributed by atoms with Crippen molar-refractivity contribution in [1.29, 1.82) is 0 Å². The van der Waals surface area contributed by atoms with Crippen LogP contribution in [-0.4, -0.2) is 50.0 Å². The second kappa shape index (κ2) is 12.3. The Labute approximate surface area is 182 Å². The van der Waals surface area contributed by atoms with Crippen LogP contribution < -0.4 is 0 Å². The van der Waals surface area contributed by atoms with E-state index in [4.69, 9.17) is 0 Å². The maximum absolute atomic E-state index is 13.7. The quantitative estimate of drug-likeness (QED) is 0.117. The Morgan fingerprint density at radius 2 is 1.21 bits per heavy atom. The molecule has 0 rings (SSSR count). The summed E-state index contributed by atoms with van der Waals surface area (Å²) in [5.41, 5.74) is 0. The molecule has 0 spiro atoms. The maximum atomic E-state index is 13.7. The van der Waals surface area contributed by atoms with E-state index in [0.717, 1.165) is 0 Å². The third-order valence-electron chi connectivity index (χ3n) is 3.40. The third-order valence-corrected chi connectivity index (χ3v) is 3.40. The molecule has 0 aromatic carbocycles. The van der Waals surface area contributed by atoms with E-state index in [2.05, 4.69) is 9.47 Å². The molecule has 0 unspecified atom stereocenters. The number of ether oxygens (including phenoxy) is 4. The number of unbranched alkanes of at least 4 members (excludes halogenated alkanes) is 2. The number of alkyl halides is 14. The molecule has 0 aliphatic heterocycles. The summed E-state index contributed by atoms with van der Waals surface area (Å²) in [6.45, 7) is -0.266. The van der Waals surface area contributed by atoms with Crippen molar-refractivity contribution in [1.82, 2.24) is 0 Å². The van der Waals surface area contributed by atoms with Crippen molar-refractivity contribution >= 4 is 0 Å². The van der Waals surface area contributed by atoms with E-state index in [9.17, 15) is 61.5 Å². The van der Waals surface area contributed by atoms with Crippen molar-refractivity contribution in [3.05, 3.63) is 12.0 Å². The van der Waals surface area contributed by atoms with Crippen LogP contribution in [0.5, 0.6) is 0 Å². The molecular weight excluding hydrogens is 522 g/mol. The van der Waals surface area contributed by atoms with Crippen molar-refractivity contribution in [2.24, 2.45) is 0 Å². The first kappa shape index (κ1) is 32.3. The van der Waals surface area contributed by atoms with E-state index in [1.54, 1.807) is 4.74 Å². The Balaban J connectivity index is 5.49. The summed E-state index contributed by atoms with van der Waals surface area (Å²) in [7, 11) is 0. The van der Waals surface area contributed by atoms with E-state index in [1.807, 2.05) is 4.74 Å². The average molecular weight is 540 g/mol. The molecule has 0 radical (unpaired) electrons. The molecule has 0 aromatic heterocycles. The van der Waals surface area contributed by atoms with Gasteiger partial charge in [-0.2, -0.15) is 35.1 Å². The molecule has 0 bridgehead atoms. The van der Waals surface area contributed by atoms with Crippen molar-refractivity contribution in [2.45, 2.75) is 82.4 Å². The molecule has 0 fully saturated rings. The largest absolute Gasteiger partial charge is 0.527 e. The Kier molecular flexibility index (Phi) is 11.7. The van der Waals surface area contributed by atoms with Gasteiger partial charge in [0.2, 0.25) is 0 Å². The second-order valence-corrected chi connectivity index (χ2v) is 6.51. The van der Waals surface area contributed by atoms with Crippen LogP contribution >= 0.6 is 0 Å². The standard InChI is InChI=1S/C16H18F14O4/c1-9(17)5-3-2-4-6-10(7-31-8-11(18)19)32-12(20,21)13(22,23)33-14(24,25)15(26,27)34-16(28,29)30/h7,9,11H,2-6,8H2,1H3/t9-/m1/s1. The highest BCUT2D eigenvalue weighted by molar-refractivity contribution is 4.91. The van der Waals surface area contributed by atoms with Gasteiger partial charge in [-0.3, -0.25) is 0 Å². The van der Waals surface area contributed by atoms with Gasteiger partial charge in [-0.1, -0.05) is 12.8 Å². The predicted molar refractivity (Wildman–Crippen MR) is 82.8 cm³/mol. The van der Waals surface area contributed by atoms with E-state index >= 15 is 0 Å². The molecule has 34 heavy (non-hydrogen) atoms. The minimum atomic E-state index is -6.96. The summed E-state index contributed by atoms with van der Waals surface area (Å²) < 4.78 is 190. The predicted octanol–water partition coefficient (Wildman–Crippen LogP) is 7.36. The molecule has 204 valence electrons. The Hall–Kier alpha value is -1.72. The topological polar surface area (TPSA) is 36.9 Å². The number of allylic oxidation sites excluding steroid dienone is 1. The summed E-state index contributed by atoms with van der Waals surface area (Å²) in [5.74, 6) is -1.37. The van der Waals surface area contributed by atoms with Crippen LogP contribution in [0.2, 0.25) is 0 Å². The molecule has 1 atom stereocenters. The Morgan fingerprint density at radius 3 is 1.68 bits per heavy atom. The third kappa shape index (κ3) is 11.6. The fourth-order valence-electron chi connectivity index (χ4n) is 1.96. The molecular formula is C16H18F14O4. The first-order chi connectivity index (χ1) is 15.1. The van der Waals surface area contributed by atoms with Crippen LogP contribution in [0, 0.1) is 0 Å². The number of rotatable bonds is 16. The lowest BCUT2D eigenvalue weighted by molar-refractivity contribution is -0.552. The molecule has 18 heteroatoms. The van der Waals surface area contributed by atoms with Gasteiger partial charge in [-0.15, -0.1) is 13.2 Å². The van der Waals surface area contributed by atoms with Gasteiger partial charge in [-0.05, 0) is 19.8 Å². The fourth-order valence-corrected chi connectivity index (χ4v) is 1.96. The van der Waals surface area contributed by atoms with Gasteiger partial charge in [0.25, 0.3) is 6.43 Å². The molecule has 0 aliphatic carbocycles. The van der Waals surface area contributed by atoms with Crippen LogP contribution in [0.15, 0.2) is 12.0 Å². The molecule has 4 nitrogen and oxygen atoms in total. The number of hydrogen-bond acceptors (Lipinski definition) is 4.